The summed E-state index contributed by atoms with van der Waals surface area (Å²) in [7, 11) is 0. The molecule has 1 saturated heterocycles. The van der Waals surface area contributed by atoms with Gasteiger partial charge in [0, 0.05) is 39.3 Å². The number of alkyl halides is 3. The Labute approximate surface area is 151 Å². The number of rotatable bonds is 4. The van der Waals surface area contributed by atoms with Crippen molar-refractivity contribution in [3.63, 3.8) is 0 Å². The first-order valence-electron chi connectivity index (χ1n) is 8.28. The molecule has 1 aliphatic heterocycles. The molecule has 0 saturated carbocycles. The van der Waals surface area contributed by atoms with Crippen LogP contribution in [0, 0.1) is 0 Å². The van der Waals surface area contributed by atoms with E-state index in [0.717, 1.165) is 37.2 Å². The van der Waals surface area contributed by atoms with Crippen LogP contribution in [0.25, 0.3) is 11.0 Å². The van der Waals surface area contributed by atoms with Crippen molar-refractivity contribution in [3.05, 3.63) is 35.6 Å². The Morgan fingerprint density at radius 2 is 1.77 bits per heavy atom. The lowest BCUT2D eigenvalue weighted by atomic mass is 10.3. The van der Waals surface area contributed by atoms with Gasteiger partial charge in [0.2, 0.25) is 10.1 Å². The summed E-state index contributed by atoms with van der Waals surface area (Å²) in [4.78, 5) is 8.56. The molecule has 3 heterocycles. The Kier molecular flexibility index (Phi) is 4.53. The molecule has 26 heavy (non-hydrogen) atoms. The minimum atomic E-state index is -4.43. The Hall–Kier alpha value is -2.20. The van der Waals surface area contributed by atoms with Gasteiger partial charge >= 0.3 is 6.18 Å². The molecular formula is C16H17F3N6S. The summed E-state index contributed by atoms with van der Waals surface area (Å²) < 4.78 is 40.1. The Bertz CT molecular complexity index is 881. The maximum Gasteiger partial charge on any atom is 0.445 e. The summed E-state index contributed by atoms with van der Waals surface area (Å²) in [6.45, 7) is 4.57. The third-order valence-electron chi connectivity index (χ3n) is 4.48. The molecule has 2 aromatic heterocycles. The zero-order valence-electron chi connectivity index (χ0n) is 13.9. The van der Waals surface area contributed by atoms with Crippen molar-refractivity contribution in [1.29, 1.82) is 0 Å². The molecule has 1 aromatic carbocycles. The van der Waals surface area contributed by atoms with Gasteiger partial charge in [-0.05, 0) is 12.1 Å². The van der Waals surface area contributed by atoms with Crippen molar-refractivity contribution in [2.75, 3.05) is 37.6 Å². The van der Waals surface area contributed by atoms with E-state index in [0.29, 0.717) is 29.6 Å². The number of hydrogen-bond acceptors (Lipinski definition) is 6. The topological polar surface area (TPSA) is 50.1 Å². The van der Waals surface area contributed by atoms with Crippen molar-refractivity contribution in [2.45, 2.75) is 12.7 Å². The maximum absolute atomic E-state index is 12.7. The number of aromatic nitrogens is 4. The third kappa shape index (κ3) is 3.51. The molecule has 10 heteroatoms. The summed E-state index contributed by atoms with van der Waals surface area (Å²) in [6, 6.07) is 8.00. The van der Waals surface area contributed by atoms with Gasteiger partial charge in [-0.2, -0.15) is 13.2 Å². The molecule has 0 radical (unpaired) electrons. The number of benzene rings is 1. The number of nitrogens with zero attached hydrogens (tertiary/aromatic N) is 6. The van der Waals surface area contributed by atoms with E-state index >= 15 is 0 Å². The number of imidazole rings is 1. The van der Waals surface area contributed by atoms with Gasteiger partial charge in [0.1, 0.15) is 0 Å². The lowest BCUT2D eigenvalue weighted by Gasteiger charge is -2.34. The van der Waals surface area contributed by atoms with E-state index in [1.54, 1.807) is 0 Å². The number of para-hydroxylation sites is 2. The fraction of sp³-hybridized carbons (Fsp3) is 0.438. The molecule has 0 atom stereocenters. The van der Waals surface area contributed by atoms with Crippen molar-refractivity contribution in [1.82, 2.24) is 24.6 Å². The Morgan fingerprint density at radius 1 is 1.00 bits per heavy atom. The fourth-order valence-electron chi connectivity index (χ4n) is 3.06. The van der Waals surface area contributed by atoms with Crippen LogP contribution in [0.3, 0.4) is 0 Å². The second-order valence-corrected chi connectivity index (χ2v) is 7.10. The van der Waals surface area contributed by atoms with Crippen LogP contribution < -0.4 is 4.90 Å². The Morgan fingerprint density at radius 3 is 2.50 bits per heavy atom. The summed E-state index contributed by atoms with van der Waals surface area (Å²) in [6.07, 6.45) is -2.58. The van der Waals surface area contributed by atoms with E-state index in [2.05, 4.69) is 24.6 Å². The predicted molar refractivity (Wildman–Crippen MR) is 93.3 cm³/mol. The van der Waals surface area contributed by atoms with Crippen molar-refractivity contribution >= 4 is 27.5 Å². The lowest BCUT2D eigenvalue weighted by molar-refractivity contribution is -0.138. The number of anilines is 1. The maximum atomic E-state index is 12.7. The van der Waals surface area contributed by atoms with Gasteiger partial charge in [-0.25, -0.2) is 4.98 Å². The molecule has 6 nitrogen and oxygen atoms in total. The van der Waals surface area contributed by atoms with Crippen molar-refractivity contribution in [2.24, 2.45) is 0 Å². The largest absolute Gasteiger partial charge is 0.445 e. The van der Waals surface area contributed by atoms with Crippen LogP contribution in [0.15, 0.2) is 30.6 Å². The van der Waals surface area contributed by atoms with E-state index in [4.69, 9.17) is 0 Å². The van der Waals surface area contributed by atoms with Crippen molar-refractivity contribution in [3.8, 4) is 0 Å². The standard InChI is InChI=1S/C16H17F3N6S/c17-16(18,19)14-21-22-15(26-14)24-8-5-23(6-9-24)7-10-25-11-20-12-3-1-2-4-13(12)25/h1-4,11H,5-10H2. The molecule has 4 rings (SSSR count). The van der Waals surface area contributed by atoms with Gasteiger partial charge in [-0.1, -0.05) is 23.5 Å². The highest BCUT2D eigenvalue weighted by Gasteiger charge is 2.36. The van der Waals surface area contributed by atoms with Gasteiger partial charge in [-0.15, -0.1) is 10.2 Å². The monoisotopic (exact) mass is 382 g/mol. The summed E-state index contributed by atoms with van der Waals surface area (Å²) in [5.41, 5.74) is 2.09. The Balaban J connectivity index is 1.32. The van der Waals surface area contributed by atoms with Crippen LogP contribution in [-0.2, 0) is 12.7 Å². The van der Waals surface area contributed by atoms with Crippen LogP contribution in [0.4, 0.5) is 18.3 Å². The van der Waals surface area contributed by atoms with E-state index in [1.807, 2.05) is 35.5 Å². The fourth-order valence-corrected chi connectivity index (χ4v) is 3.82. The number of fused-ring (bicyclic) bond motifs is 1. The number of halogens is 3. The zero-order chi connectivity index (χ0) is 18.1. The lowest BCUT2D eigenvalue weighted by Crippen LogP contribution is -2.47. The zero-order valence-corrected chi connectivity index (χ0v) is 14.7. The van der Waals surface area contributed by atoms with Crippen LogP contribution >= 0.6 is 11.3 Å². The molecule has 1 fully saturated rings. The van der Waals surface area contributed by atoms with Crippen LogP contribution in [0.2, 0.25) is 0 Å². The first-order chi connectivity index (χ1) is 12.5. The number of piperazine rings is 1. The minimum absolute atomic E-state index is 0.345. The second-order valence-electron chi connectivity index (χ2n) is 6.14. The highest BCUT2D eigenvalue weighted by molar-refractivity contribution is 7.15. The van der Waals surface area contributed by atoms with E-state index in [1.165, 1.54) is 0 Å². The molecule has 0 unspecified atom stereocenters. The molecule has 0 amide bonds. The van der Waals surface area contributed by atoms with E-state index in [9.17, 15) is 13.2 Å². The van der Waals surface area contributed by atoms with Gasteiger partial charge < -0.3 is 9.47 Å². The molecule has 0 aliphatic carbocycles. The normalized spacial score (nSPS) is 16.5. The quantitative estimate of drug-likeness (QED) is 0.695. The van der Waals surface area contributed by atoms with Gasteiger partial charge in [-0.3, -0.25) is 4.90 Å². The number of hydrogen-bond donors (Lipinski definition) is 0. The highest BCUT2D eigenvalue weighted by Crippen LogP contribution is 2.34. The molecule has 0 spiro atoms. The smallest absolute Gasteiger partial charge is 0.344 e. The minimum Gasteiger partial charge on any atom is -0.344 e. The molecule has 3 aromatic rings. The third-order valence-corrected chi connectivity index (χ3v) is 5.51. The molecule has 0 bridgehead atoms. The van der Waals surface area contributed by atoms with E-state index in [-0.39, 0.29) is 0 Å². The molecule has 138 valence electrons. The van der Waals surface area contributed by atoms with Gasteiger partial charge in [0.05, 0.1) is 17.4 Å². The second kappa shape index (κ2) is 6.84. The van der Waals surface area contributed by atoms with E-state index < -0.39 is 11.2 Å². The first-order valence-corrected chi connectivity index (χ1v) is 9.10. The van der Waals surface area contributed by atoms with Crippen LogP contribution in [0.5, 0.6) is 0 Å². The van der Waals surface area contributed by atoms with Crippen molar-refractivity contribution < 1.29 is 13.2 Å². The summed E-state index contributed by atoms with van der Waals surface area (Å²) in [5.74, 6) is 0. The SMILES string of the molecule is FC(F)(F)c1nnc(N2CCN(CCn3cnc4ccccc43)CC2)s1. The highest BCUT2D eigenvalue weighted by atomic mass is 32.1. The average Bonchev–Trinajstić information content (AvgIpc) is 3.28. The first kappa shape index (κ1) is 17.2. The van der Waals surface area contributed by atoms with Crippen LogP contribution in [0.1, 0.15) is 5.01 Å². The summed E-state index contributed by atoms with van der Waals surface area (Å²) >= 11 is 0.608. The molecule has 0 N–H and O–H groups in total. The van der Waals surface area contributed by atoms with Crippen LogP contribution in [-0.4, -0.2) is 57.4 Å². The van der Waals surface area contributed by atoms with Gasteiger partial charge in [0.15, 0.2) is 0 Å². The average molecular weight is 382 g/mol. The molecular weight excluding hydrogens is 365 g/mol. The predicted octanol–water partition coefficient (Wildman–Crippen LogP) is 2.73. The summed E-state index contributed by atoms with van der Waals surface area (Å²) in [5, 5.41) is 6.41. The molecule has 1 aliphatic rings. The van der Waals surface area contributed by atoms with Gasteiger partial charge in [0.25, 0.3) is 0 Å².